The van der Waals surface area contributed by atoms with Crippen molar-refractivity contribution in [1.82, 2.24) is 10.6 Å². The Kier molecular flexibility index (Phi) is 4.35. The molecule has 2 rings (SSSR count). The molecule has 108 valence electrons. The van der Waals surface area contributed by atoms with E-state index in [4.69, 9.17) is 16.0 Å². The van der Waals surface area contributed by atoms with Crippen LogP contribution in [-0.2, 0) is 11.3 Å². The minimum Gasteiger partial charge on any atom is -0.444 e. The van der Waals surface area contributed by atoms with Crippen molar-refractivity contribution in [3.63, 3.8) is 0 Å². The summed E-state index contributed by atoms with van der Waals surface area (Å²) in [6, 6.07) is 7.73. The molecule has 1 aromatic heterocycles. The molecule has 0 saturated carbocycles. The summed E-state index contributed by atoms with van der Waals surface area (Å²) in [5.41, 5.74) is 1.23. The van der Waals surface area contributed by atoms with Crippen LogP contribution in [0.25, 0.3) is 11.0 Å². The first kappa shape index (κ1) is 14.9. The summed E-state index contributed by atoms with van der Waals surface area (Å²) in [5, 5.41) is 7.34. The second-order valence-corrected chi connectivity index (χ2v) is 5.76. The normalized spacial score (nSPS) is 11.8. The zero-order chi connectivity index (χ0) is 14.8. The van der Waals surface area contributed by atoms with Crippen molar-refractivity contribution in [3.05, 3.63) is 35.0 Å². The molecule has 0 spiro atoms. The number of amides is 1. The maximum Gasteiger partial charge on any atom is 0.226 e. The number of carbonyl (C=O) groups excluding carboxylic acids is 1. The van der Waals surface area contributed by atoms with E-state index in [-0.39, 0.29) is 5.91 Å². The Morgan fingerprint density at radius 3 is 2.75 bits per heavy atom. The van der Waals surface area contributed by atoms with Gasteiger partial charge in [0, 0.05) is 31.1 Å². The van der Waals surface area contributed by atoms with Gasteiger partial charge in [-0.15, -0.1) is 0 Å². The molecular weight excluding hydrogens is 276 g/mol. The summed E-state index contributed by atoms with van der Waals surface area (Å²) in [5.74, 6) is 0.00755. The zero-order valence-corrected chi connectivity index (χ0v) is 12.7. The number of fused-ring (bicyclic) bond motifs is 1. The first-order valence-corrected chi connectivity index (χ1v) is 6.92. The molecule has 2 aromatic rings. The Morgan fingerprint density at radius 1 is 1.35 bits per heavy atom. The van der Waals surface area contributed by atoms with E-state index in [0.717, 1.165) is 16.5 Å². The minimum atomic E-state index is -0.471. The van der Waals surface area contributed by atoms with E-state index < -0.39 is 5.41 Å². The van der Waals surface area contributed by atoms with Crippen molar-refractivity contribution < 1.29 is 9.21 Å². The second kappa shape index (κ2) is 5.85. The lowest BCUT2D eigenvalue weighted by molar-refractivity contribution is -0.128. The fraction of sp³-hybridized carbons (Fsp3) is 0.400. The molecule has 0 aliphatic rings. The third-order valence-corrected chi connectivity index (χ3v) is 3.66. The second-order valence-electron chi connectivity index (χ2n) is 5.42. The number of furan rings is 1. The number of halogens is 1. The van der Waals surface area contributed by atoms with Crippen LogP contribution in [-0.4, -0.2) is 19.5 Å². The highest BCUT2D eigenvalue weighted by Gasteiger charge is 2.26. The monoisotopic (exact) mass is 294 g/mol. The lowest BCUT2D eigenvalue weighted by atomic mass is 9.92. The standard InChI is InChI=1S/C15H19ClN2O2/c1-15(2,14(19)17-3)9-18-8-11-10-6-4-5-7-12(10)20-13(11)16/h4-7,18H,8-9H2,1-3H3,(H,17,19). The number of hydrogen-bond donors (Lipinski definition) is 2. The first-order valence-electron chi connectivity index (χ1n) is 6.54. The van der Waals surface area contributed by atoms with E-state index in [9.17, 15) is 4.79 Å². The molecule has 0 unspecified atom stereocenters. The van der Waals surface area contributed by atoms with E-state index in [0.29, 0.717) is 18.3 Å². The van der Waals surface area contributed by atoms with Crippen LogP contribution in [0.4, 0.5) is 0 Å². The Morgan fingerprint density at radius 2 is 2.05 bits per heavy atom. The van der Waals surface area contributed by atoms with Crippen LogP contribution in [0.2, 0.25) is 5.22 Å². The van der Waals surface area contributed by atoms with Crippen LogP contribution in [0.15, 0.2) is 28.7 Å². The fourth-order valence-corrected chi connectivity index (χ4v) is 2.40. The molecule has 1 heterocycles. The number of hydrogen-bond acceptors (Lipinski definition) is 3. The third kappa shape index (κ3) is 2.97. The van der Waals surface area contributed by atoms with E-state index in [1.807, 2.05) is 38.1 Å². The molecule has 5 heteroatoms. The van der Waals surface area contributed by atoms with Gasteiger partial charge in [-0.05, 0) is 31.5 Å². The van der Waals surface area contributed by atoms with E-state index in [1.54, 1.807) is 7.05 Å². The lowest BCUT2D eigenvalue weighted by Gasteiger charge is -2.22. The summed E-state index contributed by atoms with van der Waals surface area (Å²) in [4.78, 5) is 11.7. The number of carbonyl (C=O) groups is 1. The van der Waals surface area contributed by atoms with Gasteiger partial charge in [-0.25, -0.2) is 0 Å². The van der Waals surface area contributed by atoms with Crippen molar-refractivity contribution >= 4 is 28.5 Å². The molecule has 1 aromatic carbocycles. The highest BCUT2D eigenvalue weighted by atomic mass is 35.5. The predicted molar refractivity (Wildman–Crippen MR) is 80.8 cm³/mol. The maximum atomic E-state index is 11.7. The smallest absolute Gasteiger partial charge is 0.226 e. The Bertz CT molecular complexity index is 619. The van der Waals surface area contributed by atoms with Crippen LogP contribution >= 0.6 is 11.6 Å². The predicted octanol–water partition coefficient (Wildman–Crippen LogP) is 2.95. The van der Waals surface area contributed by atoms with E-state index in [1.165, 1.54) is 0 Å². The molecule has 2 N–H and O–H groups in total. The van der Waals surface area contributed by atoms with Crippen LogP contribution in [0, 0.1) is 5.41 Å². The van der Waals surface area contributed by atoms with Crippen molar-refractivity contribution in [3.8, 4) is 0 Å². The molecule has 0 fully saturated rings. The quantitative estimate of drug-likeness (QED) is 0.891. The molecule has 0 saturated heterocycles. The van der Waals surface area contributed by atoms with Crippen LogP contribution in [0.1, 0.15) is 19.4 Å². The van der Waals surface area contributed by atoms with Gasteiger partial charge in [0.25, 0.3) is 0 Å². The topological polar surface area (TPSA) is 54.3 Å². The highest BCUT2D eigenvalue weighted by molar-refractivity contribution is 6.30. The van der Waals surface area contributed by atoms with Gasteiger partial charge in [0.15, 0.2) is 5.22 Å². The van der Waals surface area contributed by atoms with Gasteiger partial charge in [-0.2, -0.15) is 0 Å². The number of nitrogens with one attached hydrogen (secondary N) is 2. The Balaban J connectivity index is 2.07. The Hall–Kier alpha value is -1.52. The van der Waals surface area contributed by atoms with Gasteiger partial charge < -0.3 is 15.1 Å². The van der Waals surface area contributed by atoms with Gasteiger partial charge in [-0.3, -0.25) is 4.79 Å². The number of para-hydroxylation sites is 1. The van der Waals surface area contributed by atoms with Crippen molar-refractivity contribution in [2.24, 2.45) is 5.41 Å². The first-order chi connectivity index (χ1) is 9.45. The summed E-state index contributed by atoms with van der Waals surface area (Å²) in [6.45, 7) is 4.92. The van der Waals surface area contributed by atoms with Crippen LogP contribution < -0.4 is 10.6 Å². The van der Waals surface area contributed by atoms with E-state index in [2.05, 4.69) is 10.6 Å². The molecule has 0 aliphatic carbocycles. The average molecular weight is 295 g/mol. The summed E-state index contributed by atoms with van der Waals surface area (Å²) >= 11 is 6.12. The average Bonchev–Trinajstić information content (AvgIpc) is 2.74. The lowest BCUT2D eigenvalue weighted by Crippen LogP contribution is -2.41. The van der Waals surface area contributed by atoms with Crippen LogP contribution in [0.3, 0.4) is 0 Å². The molecule has 0 atom stereocenters. The summed E-state index contributed by atoms with van der Waals surface area (Å²) < 4.78 is 5.50. The van der Waals surface area contributed by atoms with E-state index >= 15 is 0 Å². The molecule has 0 bridgehead atoms. The highest BCUT2D eigenvalue weighted by Crippen LogP contribution is 2.29. The van der Waals surface area contributed by atoms with Gasteiger partial charge >= 0.3 is 0 Å². The molecule has 0 radical (unpaired) electrons. The molecule has 0 aliphatic heterocycles. The molecule has 1 amide bonds. The SMILES string of the molecule is CNC(=O)C(C)(C)CNCc1c(Cl)oc2ccccc12. The van der Waals surface area contributed by atoms with Crippen molar-refractivity contribution in [2.45, 2.75) is 20.4 Å². The number of rotatable bonds is 5. The Labute approximate surface area is 123 Å². The molecule has 20 heavy (non-hydrogen) atoms. The van der Waals surface area contributed by atoms with Gasteiger partial charge in [0.2, 0.25) is 5.91 Å². The minimum absolute atomic E-state index is 0.00755. The van der Waals surface area contributed by atoms with Crippen molar-refractivity contribution in [1.29, 1.82) is 0 Å². The zero-order valence-electron chi connectivity index (χ0n) is 11.9. The summed E-state index contributed by atoms with van der Waals surface area (Å²) in [7, 11) is 1.64. The summed E-state index contributed by atoms with van der Waals surface area (Å²) in [6.07, 6.45) is 0. The fourth-order valence-electron chi connectivity index (χ4n) is 2.15. The van der Waals surface area contributed by atoms with Crippen molar-refractivity contribution in [2.75, 3.05) is 13.6 Å². The third-order valence-electron chi connectivity index (χ3n) is 3.36. The number of benzene rings is 1. The maximum absolute atomic E-state index is 11.7. The van der Waals surface area contributed by atoms with Gasteiger partial charge in [0.1, 0.15) is 5.58 Å². The largest absolute Gasteiger partial charge is 0.444 e. The molecule has 4 nitrogen and oxygen atoms in total. The van der Waals surface area contributed by atoms with Gasteiger partial charge in [-0.1, -0.05) is 18.2 Å². The molecular formula is C15H19ClN2O2. The van der Waals surface area contributed by atoms with Crippen LogP contribution in [0.5, 0.6) is 0 Å². The van der Waals surface area contributed by atoms with Gasteiger partial charge in [0.05, 0.1) is 5.41 Å².